The zero-order chi connectivity index (χ0) is 15.8. The summed E-state index contributed by atoms with van der Waals surface area (Å²) in [7, 11) is -3.71. The molecule has 0 fully saturated rings. The number of aryl methyl sites for hydroxylation is 2. The van der Waals surface area contributed by atoms with Gasteiger partial charge in [-0.1, -0.05) is 0 Å². The van der Waals surface area contributed by atoms with E-state index in [2.05, 4.69) is 20.7 Å². The lowest BCUT2D eigenvalue weighted by Crippen LogP contribution is -2.13. The van der Waals surface area contributed by atoms with Crippen molar-refractivity contribution in [3.05, 3.63) is 48.6 Å². The number of benzene rings is 1. The predicted octanol–water partition coefficient (Wildman–Crippen LogP) is 3.84. The number of anilines is 1. The molecule has 112 valence electrons. The van der Waals surface area contributed by atoms with E-state index in [9.17, 15) is 18.5 Å². The number of hydrogen-bond acceptors (Lipinski definition) is 5. The summed E-state index contributed by atoms with van der Waals surface area (Å²) in [6, 6.07) is 5.62. The maximum Gasteiger partial charge on any atom is 0.272 e. The third-order valence-electron chi connectivity index (χ3n) is 2.78. The highest BCUT2D eigenvalue weighted by Gasteiger charge is 2.20. The van der Waals surface area contributed by atoms with Crippen molar-refractivity contribution in [1.29, 1.82) is 0 Å². The van der Waals surface area contributed by atoms with Crippen LogP contribution in [0.2, 0.25) is 0 Å². The smallest absolute Gasteiger partial charge is 0.272 e. The molecule has 6 nitrogen and oxygen atoms in total. The molecule has 0 aliphatic rings. The van der Waals surface area contributed by atoms with Gasteiger partial charge in [-0.05, 0) is 48.0 Å². The molecule has 1 aromatic heterocycles. The highest BCUT2D eigenvalue weighted by Crippen LogP contribution is 2.31. The van der Waals surface area contributed by atoms with E-state index in [4.69, 9.17) is 0 Å². The van der Waals surface area contributed by atoms with Crippen LogP contribution in [0.3, 0.4) is 0 Å². The average Bonchev–Trinajstić information content (AvgIpc) is 2.68. The molecular weight excluding hydrogens is 380 g/mol. The normalized spacial score (nSPS) is 11.4. The number of hydrogen-bond donors (Lipinski definition) is 1. The Morgan fingerprint density at radius 1 is 1.29 bits per heavy atom. The average molecular weight is 391 g/mol. The molecule has 0 saturated carbocycles. The van der Waals surface area contributed by atoms with Gasteiger partial charge in [0, 0.05) is 22.2 Å². The van der Waals surface area contributed by atoms with Crippen molar-refractivity contribution in [2.24, 2.45) is 0 Å². The zero-order valence-corrected chi connectivity index (χ0v) is 14.3. The van der Waals surface area contributed by atoms with E-state index in [-0.39, 0.29) is 10.6 Å². The zero-order valence-electron chi connectivity index (χ0n) is 11.1. The Morgan fingerprint density at radius 3 is 2.43 bits per heavy atom. The van der Waals surface area contributed by atoms with Crippen molar-refractivity contribution >= 4 is 48.7 Å². The predicted molar refractivity (Wildman–Crippen MR) is 85.4 cm³/mol. The van der Waals surface area contributed by atoms with Gasteiger partial charge in [0.25, 0.3) is 15.7 Å². The summed E-state index contributed by atoms with van der Waals surface area (Å²) in [5.74, 6) is 0. The summed E-state index contributed by atoms with van der Waals surface area (Å²) in [6.07, 6.45) is 0. The minimum absolute atomic E-state index is 0.0487. The van der Waals surface area contributed by atoms with Gasteiger partial charge in [-0.3, -0.25) is 14.8 Å². The van der Waals surface area contributed by atoms with Crippen LogP contribution < -0.4 is 4.72 Å². The third kappa shape index (κ3) is 3.42. The monoisotopic (exact) mass is 390 g/mol. The Morgan fingerprint density at radius 2 is 1.95 bits per heavy atom. The van der Waals surface area contributed by atoms with Crippen molar-refractivity contribution in [2.45, 2.75) is 18.7 Å². The number of sulfonamides is 1. The summed E-state index contributed by atoms with van der Waals surface area (Å²) in [4.78, 5) is 11.1. The first-order valence-corrected chi connectivity index (χ1v) is 8.84. The van der Waals surface area contributed by atoms with E-state index < -0.39 is 14.9 Å². The molecule has 21 heavy (non-hydrogen) atoms. The molecule has 1 aromatic carbocycles. The lowest BCUT2D eigenvalue weighted by molar-refractivity contribution is -0.385. The van der Waals surface area contributed by atoms with Gasteiger partial charge in [-0.15, -0.1) is 11.3 Å². The number of nitrogens with one attached hydrogen (secondary N) is 1. The van der Waals surface area contributed by atoms with Gasteiger partial charge in [-0.2, -0.15) is 0 Å². The molecule has 2 rings (SSSR count). The standard InChI is InChI=1S/C12H11BrN2O4S2/c1-7-5-9(3-4-10(7)15(16)17)14-21(18,19)11-6-12(13)20-8(11)2/h3-6,14H,1-2H3. The van der Waals surface area contributed by atoms with Gasteiger partial charge in [0.15, 0.2) is 0 Å². The quantitative estimate of drug-likeness (QED) is 0.634. The molecule has 0 radical (unpaired) electrons. The van der Waals surface area contributed by atoms with Crippen LogP contribution in [0.25, 0.3) is 0 Å². The van der Waals surface area contributed by atoms with Crippen LogP contribution >= 0.6 is 27.3 Å². The van der Waals surface area contributed by atoms with Crippen molar-refractivity contribution in [2.75, 3.05) is 4.72 Å². The fraction of sp³-hybridized carbons (Fsp3) is 0.167. The van der Waals surface area contributed by atoms with Crippen molar-refractivity contribution < 1.29 is 13.3 Å². The fourth-order valence-corrected chi connectivity index (χ4v) is 5.30. The Bertz CT molecular complexity index is 815. The first-order chi connectivity index (χ1) is 9.70. The second-order valence-electron chi connectivity index (χ2n) is 4.33. The summed E-state index contributed by atoms with van der Waals surface area (Å²) >= 11 is 4.57. The lowest BCUT2D eigenvalue weighted by Gasteiger charge is -2.08. The van der Waals surface area contributed by atoms with Gasteiger partial charge in [0.05, 0.1) is 8.71 Å². The SMILES string of the molecule is Cc1cc(NS(=O)(=O)c2cc(Br)sc2C)ccc1[N+](=O)[O-]. The van der Waals surface area contributed by atoms with Gasteiger partial charge in [0.1, 0.15) is 4.90 Å². The van der Waals surface area contributed by atoms with Gasteiger partial charge in [0.2, 0.25) is 0 Å². The van der Waals surface area contributed by atoms with Crippen LogP contribution in [0.15, 0.2) is 32.9 Å². The summed E-state index contributed by atoms with van der Waals surface area (Å²) in [6.45, 7) is 3.27. The second kappa shape index (κ2) is 5.74. The highest BCUT2D eigenvalue weighted by atomic mass is 79.9. The molecule has 0 bridgehead atoms. The number of thiophene rings is 1. The molecule has 0 aliphatic heterocycles. The lowest BCUT2D eigenvalue weighted by atomic mass is 10.2. The molecule has 0 spiro atoms. The van der Waals surface area contributed by atoms with E-state index in [1.807, 2.05) is 0 Å². The summed E-state index contributed by atoms with van der Waals surface area (Å²) in [5, 5.41) is 10.8. The van der Waals surface area contributed by atoms with E-state index in [0.717, 1.165) is 3.79 Å². The number of rotatable bonds is 4. The van der Waals surface area contributed by atoms with Crippen molar-refractivity contribution in [3.8, 4) is 0 Å². The maximum atomic E-state index is 12.3. The Hall–Kier alpha value is -1.45. The second-order valence-corrected chi connectivity index (χ2v) is 8.62. The molecule has 1 N–H and O–H groups in total. The number of nitro benzene ring substituents is 1. The van der Waals surface area contributed by atoms with E-state index in [0.29, 0.717) is 16.1 Å². The first kappa shape index (κ1) is 15.9. The molecular formula is C12H11BrN2O4S2. The molecule has 1 heterocycles. The molecule has 2 aromatic rings. The van der Waals surface area contributed by atoms with E-state index >= 15 is 0 Å². The van der Waals surface area contributed by atoms with Crippen molar-refractivity contribution in [1.82, 2.24) is 0 Å². The minimum Gasteiger partial charge on any atom is -0.280 e. The minimum atomic E-state index is -3.71. The first-order valence-electron chi connectivity index (χ1n) is 5.74. The molecule has 0 atom stereocenters. The van der Waals surface area contributed by atoms with Crippen LogP contribution in [0.4, 0.5) is 11.4 Å². The molecule has 0 amide bonds. The number of nitro groups is 1. The highest BCUT2D eigenvalue weighted by molar-refractivity contribution is 9.11. The number of nitrogens with zero attached hydrogens (tertiary/aromatic N) is 1. The molecule has 0 unspecified atom stereocenters. The van der Waals surface area contributed by atoms with Crippen LogP contribution in [-0.4, -0.2) is 13.3 Å². The summed E-state index contributed by atoms with van der Waals surface area (Å²) < 4.78 is 27.8. The van der Waals surface area contributed by atoms with Crippen LogP contribution in [-0.2, 0) is 10.0 Å². The van der Waals surface area contributed by atoms with Gasteiger partial charge >= 0.3 is 0 Å². The topological polar surface area (TPSA) is 89.3 Å². The maximum absolute atomic E-state index is 12.3. The molecule has 0 aliphatic carbocycles. The Balaban J connectivity index is 2.35. The summed E-state index contributed by atoms with van der Waals surface area (Å²) in [5.41, 5.74) is 0.635. The fourth-order valence-electron chi connectivity index (χ4n) is 1.83. The molecule has 0 saturated heterocycles. The third-order valence-corrected chi connectivity index (χ3v) is 5.97. The largest absolute Gasteiger partial charge is 0.280 e. The van der Waals surface area contributed by atoms with Crippen LogP contribution in [0, 0.1) is 24.0 Å². The van der Waals surface area contributed by atoms with Crippen LogP contribution in [0.1, 0.15) is 10.4 Å². The van der Waals surface area contributed by atoms with E-state index in [1.165, 1.54) is 35.6 Å². The van der Waals surface area contributed by atoms with Gasteiger partial charge < -0.3 is 0 Å². The molecule has 9 heteroatoms. The van der Waals surface area contributed by atoms with E-state index in [1.54, 1.807) is 13.8 Å². The van der Waals surface area contributed by atoms with Crippen molar-refractivity contribution in [3.63, 3.8) is 0 Å². The Kier molecular flexibility index (Phi) is 4.35. The number of halogens is 1. The van der Waals surface area contributed by atoms with Crippen LogP contribution in [0.5, 0.6) is 0 Å². The van der Waals surface area contributed by atoms with Gasteiger partial charge in [-0.25, -0.2) is 8.42 Å². The Labute approximate surface area is 134 Å².